The molecule has 2 aliphatic heterocycles. The van der Waals surface area contributed by atoms with E-state index in [-0.39, 0.29) is 24.4 Å². The highest BCUT2D eigenvalue weighted by Crippen LogP contribution is 2.37. The van der Waals surface area contributed by atoms with E-state index in [4.69, 9.17) is 10.00 Å². The molecule has 0 aromatic heterocycles. The van der Waals surface area contributed by atoms with E-state index in [2.05, 4.69) is 42.2 Å². The number of carbonyl (C=O) groups excluding carboxylic acids is 2. The van der Waals surface area contributed by atoms with Crippen molar-refractivity contribution in [2.75, 3.05) is 27.2 Å². The first kappa shape index (κ1) is 33.6. The second kappa shape index (κ2) is 16.7. The topological polar surface area (TPSA) is 76.9 Å². The first-order chi connectivity index (χ1) is 20.9. The Morgan fingerprint density at radius 2 is 1.67 bits per heavy atom. The largest absolute Gasteiger partial charge is 0.497 e. The summed E-state index contributed by atoms with van der Waals surface area (Å²) in [6.45, 7) is 8.89. The predicted molar refractivity (Wildman–Crippen MR) is 172 cm³/mol. The van der Waals surface area contributed by atoms with Gasteiger partial charge >= 0.3 is 6.03 Å². The lowest BCUT2D eigenvalue weighted by molar-refractivity contribution is -0.135. The number of piperidine rings is 1. The maximum Gasteiger partial charge on any atom is 0.327 e. The van der Waals surface area contributed by atoms with Crippen molar-refractivity contribution in [3.8, 4) is 11.8 Å². The number of carbonyl (C=O) groups is 2. The smallest absolute Gasteiger partial charge is 0.327 e. The Labute approximate surface area is 258 Å². The fourth-order valence-electron chi connectivity index (χ4n) is 5.79. The predicted octanol–water partition coefficient (Wildman–Crippen LogP) is 7.35. The van der Waals surface area contributed by atoms with Gasteiger partial charge in [0.25, 0.3) is 5.91 Å². The fraction of sp³-hybridized carbons (Fsp3) is 0.472. The van der Waals surface area contributed by atoms with Gasteiger partial charge in [-0.15, -0.1) is 0 Å². The molecule has 1 unspecified atom stereocenters. The minimum absolute atomic E-state index is 0.0767. The van der Waals surface area contributed by atoms with E-state index >= 15 is 0 Å². The Morgan fingerprint density at radius 3 is 2.35 bits per heavy atom. The zero-order chi connectivity index (χ0) is 31.2. The molecule has 0 N–H and O–H groups in total. The molecule has 2 saturated heterocycles. The highest BCUT2D eigenvalue weighted by molar-refractivity contribution is 6.06. The number of likely N-dealkylation sites (tertiary alicyclic amines) is 1. The van der Waals surface area contributed by atoms with E-state index in [1.807, 2.05) is 62.4 Å². The molecule has 3 aliphatic rings. The van der Waals surface area contributed by atoms with Gasteiger partial charge in [-0.1, -0.05) is 80.1 Å². The monoisotopic (exact) mass is 584 g/mol. The minimum atomic E-state index is -0.719. The van der Waals surface area contributed by atoms with Crippen LogP contribution in [0.15, 0.2) is 78.4 Å². The van der Waals surface area contributed by atoms with Crippen molar-refractivity contribution in [3.63, 3.8) is 0 Å². The molecule has 0 bridgehead atoms. The van der Waals surface area contributed by atoms with Crippen molar-refractivity contribution in [1.82, 2.24) is 14.7 Å². The summed E-state index contributed by atoms with van der Waals surface area (Å²) < 4.78 is 5.26. The van der Waals surface area contributed by atoms with Gasteiger partial charge in [0, 0.05) is 26.7 Å². The standard InChI is InChI=1S/C23H27N3O3.C11H15N.C2H6/c1-24-22(28)26(17-19-9-6-10-20(15-19)29-2)21(27)23(24)11-13-25(14-12-23)16-18-7-4-3-5-8-18;1-10-5-3-2-4-6-11(9-12)8-7-10;1-2/h3-10,15H,11-14,16-17H2,1-2H3;4-6,11H,2-3,7-8H2,1H3;1-2H3/b;6-4-,10-5-;. The van der Waals surface area contributed by atoms with Crippen LogP contribution in [-0.4, -0.2) is 59.4 Å². The highest BCUT2D eigenvalue weighted by Gasteiger charge is 2.56. The number of likely N-dealkylation sites (N-methyl/N-ethyl adjacent to an activating group) is 1. The van der Waals surface area contributed by atoms with Gasteiger partial charge in [0.15, 0.2) is 0 Å². The van der Waals surface area contributed by atoms with Gasteiger partial charge in [0.05, 0.1) is 25.6 Å². The van der Waals surface area contributed by atoms with E-state index in [1.54, 1.807) is 19.1 Å². The van der Waals surface area contributed by atoms with Crippen LogP contribution >= 0.6 is 0 Å². The molecule has 43 heavy (non-hydrogen) atoms. The van der Waals surface area contributed by atoms with Crippen LogP contribution in [0.4, 0.5) is 4.79 Å². The van der Waals surface area contributed by atoms with E-state index < -0.39 is 5.54 Å². The Bertz CT molecular complexity index is 1290. The van der Waals surface area contributed by atoms with Crippen LogP contribution in [-0.2, 0) is 17.9 Å². The molecule has 0 saturated carbocycles. The van der Waals surface area contributed by atoms with Crippen molar-refractivity contribution in [1.29, 1.82) is 5.26 Å². The normalized spacial score (nSPS) is 22.0. The third kappa shape index (κ3) is 8.81. The minimum Gasteiger partial charge on any atom is -0.497 e. The zero-order valence-electron chi connectivity index (χ0n) is 26.6. The van der Waals surface area contributed by atoms with Gasteiger partial charge in [0.1, 0.15) is 11.3 Å². The number of hydrogen-bond donors (Lipinski definition) is 0. The van der Waals surface area contributed by atoms with Gasteiger partial charge in [-0.2, -0.15) is 5.26 Å². The number of nitriles is 1. The Morgan fingerprint density at radius 1 is 0.977 bits per heavy atom. The second-order valence-electron chi connectivity index (χ2n) is 11.2. The third-order valence-electron chi connectivity index (χ3n) is 8.42. The number of benzene rings is 2. The van der Waals surface area contributed by atoms with Crippen LogP contribution in [0, 0.1) is 17.2 Å². The highest BCUT2D eigenvalue weighted by atomic mass is 16.5. The summed E-state index contributed by atoms with van der Waals surface area (Å²) in [5.74, 6) is 0.775. The average molecular weight is 585 g/mol. The summed E-state index contributed by atoms with van der Waals surface area (Å²) in [7, 11) is 3.37. The molecule has 0 radical (unpaired) electrons. The molecule has 2 fully saturated rings. The molecule has 1 aliphatic carbocycles. The molecule has 3 amide bonds. The van der Waals surface area contributed by atoms with Crippen LogP contribution < -0.4 is 4.74 Å². The number of amides is 3. The zero-order valence-corrected chi connectivity index (χ0v) is 26.6. The fourth-order valence-corrected chi connectivity index (χ4v) is 5.79. The molecule has 230 valence electrons. The van der Waals surface area contributed by atoms with E-state index in [1.165, 1.54) is 16.0 Å². The number of rotatable bonds is 5. The lowest BCUT2D eigenvalue weighted by Gasteiger charge is -2.40. The maximum atomic E-state index is 13.3. The van der Waals surface area contributed by atoms with Gasteiger partial charge in [-0.25, -0.2) is 4.79 Å². The number of urea groups is 1. The molecule has 5 rings (SSSR count). The van der Waals surface area contributed by atoms with Gasteiger partial charge < -0.3 is 9.64 Å². The average Bonchev–Trinajstić information content (AvgIpc) is 3.28. The summed E-state index contributed by atoms with van der Waals surface area (Å²) in [4.78, 5) is 31.7. The van der Waals surface area contributed by atoms with Gasteiger partial charge in [-0.3, -0.25) is 14.6 Å². The molecule has 2 heterocycles. The van der Waals surface area contributed by atoms with Crippen molar-refractivity contribution in [2.45, 2.75) is 77.9 Å². The Hall–Kier alpha value is -3.89. The molecular formula is C36H48N4O3. The van der Waals surface area contributed by atoms with E-state index in [9.17, 15) is 9.59 Å². The number of imide groups is 1. The van der Waals surface area contributed by atoms with Crippen molar-refractivity contribution in [3.05, 3.63) is 89.5 Å². The van der Waals surface area contributed by atoms with Crippen LogP contribution in [0.1, 0.15) is 70.4 Å². The van der Waals surface area contributed by atoms with Crippen molar-refractivity contribution >= 4 is 11.9 Å². The van der Waals surface area contributed by atoms with Crippen LogP contribution in [0.25, 0.3) is 0 Å². The lowest BCUT2D eigenvalue weighted by Crippen LogP contribution is -2.55. The molecule has 7 nitrogen and oxygen atoms in total. The van der Waals surface area contributed by atoms with Gasteiger partial charge in [0.2, 0.25) is 0 Å². The van der Waals surface area contributed by atoms with Crippen LogP contribution in [0.2, 0.25) is 0 Å². The first-order valence-corrected chi connectivity index (χ1v) is 15.6. The van der Waals surface area contributed by atoms with E-state index in [0.29, 0.717) is 12.8 Å². The maximum absolute atomic E-state index is 13.3. The molecule has 2 aromatic rings. The third-order valence-corrected chi connectivity index (χ3v) is 8.42. The van der Waals surface area contributed by atoms with Gasteiger partial charge in [-0.05, 0) is 68.7 Å². The van der Waals surface area contributed by atoms with Crippen molar-refractivity contribution < 1.29 is 14.3 Å². The SMILES string of the molecule is C/C1=C/CC/C=C\C(C#N)CC1.CC.COc1cccc(CN2C(=O)N(C)C3(CCN(Cc4ccccc4)CC3)C2=O)c1. The molecular weight excluding hydrogens is 536 g/mol. The number of nitrogens with zero attached hydrogens (tertiary/aromatic N) is 4. The second-order valence-corrected chi connectivity index (χ2v) is 11.2. The van der Waals surface area contributed by atoms with Crippen molar-refractivity contribution in [2.24, 2.45) is 5.92 Å². The van der Waals surface area contributed by atoms with Crippen LogP contribution in [0.3, 0.4) is 0 Å². The number of allylic oxidation sites excluding steroid dienone is 4. The Balaban J connectivity index is 0.000000303. The van der Waals surface area contributed by atoms with Crippen LogP contribution in [0.5, 0.6) is 5.75 Å². The summed E-state index contributed by atoms with van der Waals surface area (Å²) in [6, 6.07) is 20.0. The molecule has 7 heteroatoms. The number of ether oxygens (including phenoxy) is 1. The summed E-state index contributed by atoms with van der Waals surface area (Å²) in [5.41, 5.74) is 2.87. The summed E-state index contributed by atoms with van der Waals surface area (Å²) in [6.07, 6.45) is 12.0. The molecule has 1 spiro atoms. The molecule has 1 atom stereocenters. The number of hydrogen-bond acceptors (Lipinski definition) is 5. The molecule has 2 aromatic carbocycles. The summed E-state index contributed by atoms with van der Waals surface area (Å²) >= 11 is 0. The van der Waals surface area contributed by atoms with E-state index in [0.717, 1.165) is 56.6 Å². The quantitative estimate of drug-likeness (QED) is 0.271. The Kier molecular flexibility index (Phi) is 13.0. The lowest BCUT2D eigenvalue weighted by atomic mass is 9.86. The first-order valence-electron chi connectivity index (χ1n) is 15.6. The number of methoxy groups -OCH3 is 1. The summed E-state index contributed by atoms with van der Waals surface area (Å²) in [5, 5.41) is 8.77.